The predicted molar refractivity (Wildman–Crippen MR) is 61.3 cm³/mol. The average molecular weight is 203 g/mol. The molecule has 2 nitrogen and oxygen atoms in total. The second-order valence-corrected chi connectivity index (χ2v) is 3.61. The van der Waals surface area contributed by atoms with E-state index in [1.165, 1.54) is 28.7 Å². The third-order valence-electron chi connectivity index (χ3n) is 2.26. The molecule has 0 heterocycles. The van der Waals surface area contributed by atoms with Gasteiger partial charge in [-0.1, -0.05) is 23.8 Å². The van der Waals surface area contributed by atoms with Crippen LogP contribution in [-0.4, -0.2) is 13.1 Å². The van der Waals surface area contributed by atoms with Crippen LogP contribution in [0.5, 0.6) is 0 Å². The first kappa shape index (κ1) is 11.5. The lowest BCUT2D eigenvalue weighted by Gasteiger charge is -2.06. The molecule has 0 N–H and O–H groups in total. The third-order valence-corrected chi connectivity index (χ3v) is 2.26. The van der Waals surface area contributed by atoms with Crippen LogP contribution in [0.4, 0.5) is 0 Å². The molecule has 0 bridgehead atoms. The lowest BCUT2D eigenvalue weighted by atomic mass is 9.99. The van der Waals surface area contributed by atoms with E-state index in [0.717, 1.165) is 0 Å². The molecular weight excluding hydrogens is 188 g/mol. The number of rotatable bonds is 4. The van der Waals surface area contributed by atoms with Crippen LogP contribution in [0.1, 0.15) is 22.3 Å². The summed E-state index contributed by atoms with van der Waals surface area (Å²) in [5, 5.41) is 0. The average Bonchev–Trinajstić information content (AvgIpc) is 2.15. The van der Waals surface area contributed by atoms with Gasteiger partial charge in [0.1, 0.15) is 6.61 Å². The quantitative estimate of drug-likeness (QED) is 0.703. The van der Waals surface area contributed by atoms with Gasteiger partial charge < -0.3 is 4.74 Å². The van der Waals surface area contributed by atoms with Gasteiger partial charge in [0.15, 0.2) is 0 Å². The highest BCUT2D eigenvalue weighted by Crippen LogP contribution is 2.17. The van der Waals surface area contributed by atoms with Crippen molar-refractivity contribution in [3.05, 3.63) is 40.5 Å². The van der Waals surface area contributed by atoms with Crippen molar-refractivity contribution >= 4 is 12.5 Å². The van der Waals surface area contributed by atoms with Crippen LogP contribution >= 0.6 is 0 Å². The van der Waals surface area contributed by atoms with E-state index in [-0.39, 0.29) is 6.61 Å². The van der Waals surface area contributed by atoms with Crippen molar-refractivity contribution in [3.63, 3.8) is 0 Å². The molecule has 0 fully saturated rings. The summed E-state index contributed by atoms with van der Waals surface area (Å²) in [6, 6.07) is 4.28. The molecule has 0 saturated carbocycles. The maximum absolute atomic E-state index is 9.81. The molecule has 0 unspecified atom stereocenters. The fourth-order valence-corrected chi connectivity index (χ4v) is 1.70. The molecule has 0 aliphatic carbocycles. The summed E-state index contributed by atoms with van der Waals surface area (Å²) in [6.45, 7) is 7.90. The minimum Gasteiger partial charge on any atom is -0.453 e. The van der Waals surface area contributed by atoms with Gasteiger partial charge in [-0.2, -0.15) is 0 Å². The first-order valence-corrected chi connectivity index (χ1v) is 4.88. The Bertz CT molecular complexity index is 355. The van der Waals surface area contributed by atoms with Gasteiger partial charge >= 0.3 is 6.47 Å². The summed E-state index contributed by atoms with van der Waals surface area (Å²) in [7, 11) is 0. The first-order chi connectivity index (χ1) is 7.15. The monoisotopic (exact) mass is 203 g/mol. The van der Waals surface area contributed by atoms with Crippen LogP contribution < -0.4 is 0 Å². The highest BCUT2D eigenvalue weighted by atomic mass is 16.5. The molecule has 15 heavy (non-hydrogen) atoms. The van der Waals surface area contributed by atoms with Crippen LogP contribution in [0.15, 0.2) is 18.2 Å². The van der Waals surface area contributed by atoms with Crippen LogP contribution in [0.25, 0.3) is 6.08 Å². The molecule has 0 amide bonds. The fourth-order valence-electron chi connectivity index (χ4n) is 1.70. The lowest BCUT2D eigenvalue weighted by Crippen LogP contribution is -1.90. The second-order valence-electron chi connectivity index (χ2n) is 3.61. The van der Waals surface area contributed by atoms with E-state index in [2.05, 4.69) is 37.6 Å². The van der Waals surface area contributed by atoms with Crippen molar-refractivity contribution in [2.45, 2.75) is 20.8 Å². The number of hydrogen-bond donors (Lipinski definition) is 0. The maximum atomic E-state index is 9.81. The van der Waals surface area contributed by atoms with Crippen LogP contribution in [-0.2, 0) is 9.53 Å². The van der Waals surface area contributed by atoms with E-state index < -0.39 is 0 Å². The molecule has 0 spiro atoms. The molecule has 0 aliphatic heterocycles. The SMILES string of the molecule is Cc1cc(C)c(/C=C/CO[C]=O)c(C)c1. The van der Waals surface area contributed by atoms with E-state index in [1.807, 2.05) is 12.2 Å². The molecule has 1 radical (unpaired) electrons. The zero-order valence-electron chi connectivity index (χ0n) is 9.33. The highest BCUT2D eigenvalue weighted by molar-refractivity contribution is 5.58. The smallest absolute Gasteiger partial charge is 0.417 e. The molecule has 0 aromatic heterocycles. The van der Waals surface area contributed by atoms with Crippen molar-refractivity contribution in [1.29, 1.82) is 0 Å². The Morgan fingerprint density at radius 3 is 2.40 bits per heavy atom. The molecule has 1 rings (SSSR count). The molecule has 0 aliphatic rings. The number of aryl methyl sites for hydroxylation is 3. The molecule has 0 saturated heterocycles. The van der Waals surface area contributed by atoms with Crippen LogP contribution in [0.3, 0.4) is 0 Å². The molecule has 0 atom stereocenters. The second kappa shape index (κ2) is 5.35. The molecule has 2 heteroatoms. The lowest BCUT2D eigenvalue weighted by molar-refractivity contribution is 0.314. The van der Waals surface area contributed by atoms with E-state index in [9.17, 15) is 4.79 Å². The number of ether oxygens (including phenoxy) is 1. The van der Waals surface area contributed by atoms with Crippen molar-refractivity contribution in [3.8, 4) is 0 Å². The van der Waals surface area contributed by atoms with Gasteiger partial charge in [-0.3, -0.25) is 0 Å². The van der Waals surface area contributed by atoms with Crippen LogP contribution in [0.2, 0.25) is 0 Å². The van der Waals surface area contributed by atoms with E-state index in [1.54, 1.807) is 0 Å². The summed E-state index contributed by atoms with van der Waals surface area (Å²) in [4.78, 5) is 9.81. The van der Waals surface area contributed by atoms with Crippen molar-refractivity contribution in [2.24, 2.45) is 0 Å². The number of hydrogen-bond acceptors (Lipinski definition) is 2. The summed E-state index contributed by atoms with van der Waals surface area (Å²) < 4.78 is 4.47. The Morgan fingerprint density at radius 1 is 1.27 bits per heavy atom. The Hall–Kier alpha value is -1.57. The maximum Gasteiger partial charge on any atom is 0.417 e. The van der Waals surface area contributed by atoms with E-state index in [0.29, 0.717) is 0 Å². The number of benzene rings is 1. The Balaban J connectivity index is 2.85. The van der Waals surface area contributed by atoms with Gasteiger partial charge in [-0.15, -0.1) is 0 Å². The zero-order chi connectivity index (χ0) is 11.3. The molecular formula is C13H15O2. The number of carbonyl (C=O) groups excluding carboxylic acids is 1. The Kier molecular flexibility index (Phi) is 4.10. The van der Waals surface area contributed by atoms with Crippen LogP contribution in [0, 0.1) is 20.8 Å². The van der Waals surface area contributed by atoms with E-state index >= 15 is 0 Å². The summed E-state index contributed by atoms with van der Waals surface area (Å²) in [5.41, 5.74) is 4.92. The van der Waals surface area contributed by atoms with Crippen molar-refractivity contribution in [2.75, 3.05) is 6.61 Å². The topological polar surface area (TPSA) is 26.3 Å². The normalized spacial score (nSPS) is 10.6. The minimum absolute atomic E-state index is 0.274. The van der Waals surface area contributed by atoms with Gasteiger partial charge in [0.05, 0.1) is 0 Å². The summed E-state index contributed by atoms with van der Waals surface area (Å²) in [5.74, 6) is 0. The Labute approximate surface area is 90.6 Å². The molecule has 1 aromatic rings. The largest absolute Gasteiger partial charge is 0.453 e. The summed E-state index contributed by atoms with van der Waals surface area (Å²) in [6.07, 6.45) is 3.79. The van der Waals surface area contributed by atoms with Crippen molar-refractivity contribution < 1.29 is 9.53 Å². The zero-order valence-corrected chi connectivity index (χ0v) is 9.33. The minimum atomic E-state index is 0.274. The highest BCUT2D eigenvalue weighted by Gasteiger charge is 1.99. The molecule has 79 valence electrons. The first-order valence-electron chi connectivity index (χ1n) is 4.88. The van der Waals surface area contributed by atoms with Crippen molar-refractivity contribution in [1.82, 2.24) is 0 Å². The standard InChI is InChI=1S/C13H15O2/c1-10-7-11(2)13(12(3)8-10)5-4-6-15-9-14/h4-5,7-8H,6H2,1-3H3/b5-4+. The third kappa shape index (κ3) is 3.24. The Morgan fingerprint density at radius 2 is 1.87 bits per heavy atom. The molecule has 1 aromatic carbocycles. The van der Waals surface area contributed by atoms with Gasteiger partial charge in [-0.25, -0.2) is 4.79 Å². The fraction of sp³-hybridized carbons (Fsp3) is 0.308. The van der Waals surface area contributed by atoms with E-state index in [4.69, 9.17) is 0 Å². The summed E-state index contributed by atoms with van der Waals surface area (Å²) >= 11 is 0. The van der Waals surface area contributed by atoms with Gasteiger partial charge in [-0.05, 0) is 43.5 Å². The predicted octanol–water partition coefficient (Wildman–Crippen LogP) is 2.71. The van der Waals surface area contributed by atoms with Gasteiger partial charge in [0.25, 0.3) is 0 Å². The van der Waals surface area contributed by atoms with Gasteiger partial charge in [0.2, 0.25) is 0 Å². The van der Waals surface area contributed by atoms with Gasteiger partial charge in [0, 0.05) is 0 Å².